The lowest BCUT2D eigenvalue weighted by Gasteiger charge is -2.35. The number of nitrogens with one attached hydrogen (secondary N) is 1. The molecule has 0 radical (unpaired) electrons. The molecule has 9 nitrogen and oxygen atoms in total. The number of halogens is 1. The molecule has 0 fully saturated rings. The van der Waals surface area contributed by atoms with E-state index in [2.05, 4.69) is 15.5 Å². The van der Waals surface area contributed by atoms with Gasteiger partial charge in [-0.2, -0.15) is 0 Å². The Bertz CT molecular complexity index is 1330. The van der Waals surface area contributed by atoms with E-state index in [0.29, 0.717) is 30.2 Å². The molecular formula is C23H21ClN4O5. The zero-order valence-electron chi connectivity index (χ0n) is 18.2. The fraction of sp³-hybridized carbons (Fsp3) is 0.304. The average molecular weight is 469 g/mol. The molecule has 170 valence electrons. The second kappa shape index (κ2) is 7.77. The van der Waals surface area contributed by atoms with E-state index in [4.69, 9.17) is 25.8 Å². The Kier molecular flexibility index (Phi) is 5.01. The third kappa shape index (κ3) is 3.06. The number of hydrogen-bond acceptors (Lipinski definition) is 8. The molecule has 1 spiro atoms. The van der Waals surface area contributed by atoms with Gasteiger partial charge in [0.2, 0.25) is 17.2 Å². The van der Waals surface area contributed by atoms with Gasteiger partial charge in [-0.3, -0.25) is 14.0 Å². The molecule has 1 aromatic carbocycles. The number of ketones is 2. The highest BCUT2D eigenvalue weighted by atomic mass is 35.5. The third-order valence-electron chi connectivity index (χ3n) is 6.17. The number of Topliss-reactive ketones (excluding diaryl/α,β-unsaturated/α-hetero) is 1. The lowest BCUT2D eigenvalue weighted by atomic mass is 9.74. The summed E-state index contributed by atoms with van der Waals surface area (Å²) in [7, 11) is 2.89. The van der Waals surface area contributed by atoms with Gasteiger partial charge in [0.25, 0.3) is 0 Å². The van der Waals surface area contributed by atoms with Crippen LogP contribution >= 0.6 is 11.6 Å². The van der Waals surface area contributed by atoms with Crippen LogP contribution in [0, 0.1) is 5.92 Å². The summed E-state index contributed by atoms with van der Waals surface area (Å²) in [5, 5.41) is 11.7. The Hall–Kier alpha value is -3.59. The van der Waals surface area contributed by atoms with E-state index in [0.717, 1.165) is 5.65 Å². The van der Waals surface area contributed by atoms with Gasteiger partial charge in [0.05, 0.1) is 20.8 Å². The van der Waals surface area contributed by atoms with Crippen molar-refractivity contribution in [3.8, 4) is 17.2 Å². The summed E-state index contributed by atoms with van der Waals surface area (Å²) >= 11 is 6.42. The molecule has 0 unspecified atom stereocenters. The third-order valence-corrected chi connectivity index (χ3v) is 6.53. The minimum atomic E-state index is -1.70. The maximum absolute atomic E-state index is 13.5. The molecule has 0 saturated heterocycles. The summed E-state index contributed by atoms with van der Waals surface area (Å²) in [6.45, 7) is 2.18. The predicted molar refractivity (Wildman–Crippen MR) is 119 cm³/mol. The minimum absolute atomic E-state index is 0.109. The summed E-state index contributed by atoms with van der Waals surface area (Å²) in [5.74, 6) is -0.0114. The molecule has 3 heterocycles. The van der Waals surface area contributed by atoms with Gasteiger partial charge in [0, 0.05) is 30.0 Å². The highest BCUT2D eigenvalue weighted by molar-refractivity contribution is 6.36. The zero-order valence-corrected chi connectivity index (χ0v) is 19.0. The minimum Gasteiger partial charge on any atom is -0.496 e. The van der Waals surface area contributed by atoms with Gasteiger partial charge in [-0.25, -0.2) is 0 Å². The van der Waals surface area contributed by atoms with Crippen LogP contribution in [-0.4, -0.2) is 46.0 Å². The maximum atomic E-state index is 13.5. The molecule has 0 amide bonds. The van der Waals surface area contributed by atoms with E-state index >= 15 is 0 Å². The van der Waals surface area contributed by atoms with Crippen LogP contribution in [0.1, 0.15) is 29.5 Å². The molecule has 1 N–H and O–H groups in total. The van der Waals surface area contributed by atoms with Crippen molar-refractivity contribution in [2.45, 2.75) is 25.5 Å². The fourth-order valence-electron chi connectivity index (χ4n) is 4.46. The quantitative estimate of drug-likeness (QED) is 0.570. The Labute approximate surface area is 194 Å². The van der Waals surface area contributed by atoms with Crippen molar-refractivity contribution in [1.29, 1.82) is 0 Å². The molecule has 2 atom stereocenters. The summed E-state index contributed by atoms with van der Waals surface area (Å²) in [5.41, 5.74) is -0.116. The standard InChI is InChI=1S/C23H21ClN4O5/c1-12-8-13(25-11-18-27-26-17-6-4-5-7-28(17)18)9-16(29)23(12)22(30)19-14(31-2)10-15(32-3)20(24)21(19)33-23/h4-7,9-10,12,25H,8,11H2,1-3H3/t12-,23+/m1/s1. The van der Waals surface area contributed by atoms with Crippen LogP contribution in [-0.2, 0) is 11.3 Å². The molecule has 0 bridgehead atoms. The number of fused-ring (bicyclic) bond motifs is 2. The second-order valence-corrected chi connectivity index (χ2v) is 8.38. The van der Waals surface area contributed by atoms with Crippen molar-refractivity contribution in [2.75, 3.05) is 14.2 Å². The zero-order chi connectivity index (χ0) is 23.3. The SMILES string of the molecule is COc1cc(OC)c2c(c1Cl)O[C@@]1(C(=O)C=C(NCc3nnc4ccccn34)C[C@H]1C)C2=O. The van der Waals surface area contributed by atoms with Crippen LogP contribution in [0.5, 0.6) is 17.2 Å². The molecule has 1 aliphatic heterocycles. The molecule has 0 saturated carbocycles. The van der Waals surface area contributed by atoms with Gasteiger partial charge < -0.3 is 19.5 Å². The van der Waals surface area contributed by atoms with Crippen LogP contribution in [0.3, 0.4) is 0 Å². The highest BCUT2D eigenvalue weighted by Crippen LogP contribution is 2.52. The first kappa shape index (κ1) is 21.3. The molecule has 1 aliphatic carbocycles. The first-order valence-corrected chi connectivity index (χ1v) is 10.7. The number of methoxy groups -OCH3 is 2. The average Bonchev–Trinajstić information content (AvgIpc) is 3.37. The van der Waals surface area contributed by atoms with Crippen LogP contribution in [0.15, 0.2) is 42.2 Å². The number of allylic oxidation sites excluding steroid dienone is 1. The Morgan fingerprint density at radius 3 is 2.76 bits per heavy atom. The normalized spacial score (nSPS) is 21.7. The predicted octanol–water partition coefficient (Wildman–Crippen LogP) is 3.00. The molecule has 3 aromatic rings. The molecule has 5 rings (SSSR count). The van der Waals surface area contributed by atoms with E-state index in [1.165, 1.54) is 26.4 Å². The lowest BCUT2D eigenvalue weighted by Crippen LogP contribution is -2.55. The number of benzene rings is 1. The van der Waals surface area contributed by atoms with Gasteiger partial charge >= 0.3 is 0 Å². The largest absolute Gasteiger partial charge is 0.496 e. The molecule has 2 aromatic heterocycles. The molecular weight excluding hydrogens is 448 g/mol. The number of carbonyl (C=O) groups is 2. The van der Waals surface area contributed by atoms with Gasteiger partial charge in [-0.1, -0.05) is 24.6 Å². The molecule has 2 aliphatic rings. The van der Waals surface area contributed by atoms with E-state index in [-0.39, 0.29) is 22.1 Å². The monoisotopic (exact) mass is 468 g/mol. The smallest absolute Gasteiger partial charge is 0.236 e. The maximum Gasteiger partial charge on any atom is 0.236 e. The number of hydrogen-bond donors (Lipinski definition) is 1. The number of ether oxygens (including phenoxy) is 3. The Morgan fingerprint density at radius 2 is 2.03 bits per heavy atom. The Morgan fingerprint density at radius 1 is 1.24 bits per heavy atom. The van der Waals surface area contributed by atoms with Crippen LogP contribution < -0.4 is 19.5 Å². The topological polar surface area (TPSA) is 104 Å². The summed E-state index contributed by atoms with van der Waals surface area (Å²) in [4.78, 5) is 26.9. The summed E-state index contributed by atoms with van der Waals surface area (Å²) in [6.07, 6.45) is 3.71. The van der Waals surface area contributed by atoms with Crippen molar-refractivity contribution in [1.82, 2.24) is 19.9 Å². The van der Waals surface area contributed by atoms with E-state index < -0.39 is 23.1 Å². The van der Waals surface area contributed by atoms with Crippen LogP contribution in [0.4, 0.5) is 0 Å². The first-order chi connectivity index (χ1) is 15.9. The van der Waals surface area contributed by atoms with Crippen molar-refractivity contribution in [3.05, 3.63) is 58.6 Å². The van der Waals surface area contributed by atoms with Gasteiger partial charge in [0.15, 0.2) is 17.2 Å². The van der Waals surface area contributed by atoms with E-state index in [1.54, 1.807) is 6.92 Å². The summed E-state index contributed by atoms with van der Waals surface area (Å²) in [6, 6.07) is 7.16. The van der Waals surface area contributed by atoms with Crippen molar-refractivity contribution < 1.29 is 23.8 Å². The number of aromatic nitrogens is 3. The summed E-state index contributed by atoms with van der Waals surface area (Å²) < 4.78 is 18.6. The van der Waals surface area contributed by atoms with Gasteiger partial charge in [-0.05, 0) is 18.6 Å². The number of carbonyl (C=O) groups excluding carboxylic acids is 2. The van der Waals surface area contributed by atoms with Crippen molar-refractivity contribution >= 4 is 28.8 Å². The van der Waals surface area contributed by atoms with Crippen molar-refractivity contribution in [2.24, 2.45) is 5.92 Å². The number of rotatable bonds is 5. The van der Waals surface area contributed by atoms with Gasteiger partial charge in [0.1, 0.15) is 22.1 Å². The number of nitrogens with zero attached hydrogens (tertiary/aromatic N) is 3. The highest BCUT2D eigenvalue weighted by Gasteiger charge is 2.60. The fourth-order valence-corrected chi connectivity index (χ4v) is 4.72. The second-order valence-electron chi connectivity index (χ2n) is 8.00. The van der Waals surface area contributed by atoms with Crippen molar-refractivity contribution in [3.63, 3.8) is 0 Å². The molecule has 10 heteroatoms. The molecule has 33 heavy (non-hydrogen) atoms. The van der Waals surface area contributed by atoms with E-state index in [9.17, 15) is 9.59 Å². The van der Waals surface area contributed by atoms with Crippen LogP contribution in [0.2, 0.25) is 5.02 Å². The Balaban J connectivity index is 1.44. The lowest BCUT2D eigenvalue weighted by molar-refractivity contribution is -0.129. The number of pyridine rings is 1. The van der Waals surface area contributed by atoms with Gasteiger partial charge in [-0.15, -0.1) is 10.2 Å². The van der Waals surface area contributed by atoms with Crippen LogP contribution in [0.25, 0.3) is 5.65 Å². The van der Waals surface area contributed by atoms with E-state index in [1.807, 2.05) is 28.8 Å². The first-order valence-electron chi connectivity index (χ1n) is 10.4.